The first-order valence-electron chi connectivity index (χ1n) is 7.84. The molecule has 1 N–H and O–H groups in total. The van der Waals surface area contributed by atoms with E-state index < -0.39 is 0 Å². The molecule has 2 saturated heterocycles. The van der Waals surface area contributed by atoms with Crippen molar-refractivity contribution in [1.29, 1.82) is 0 Å². The zero-order valence-corrected chi connectivity index (χ0v) is 12.3. The van der Waals surface area contributed by atoms with E-state index in [0.29, 0.717) is 6.61 Å². The summed E-state index contributed by atoms with van der Waals surface area (Å²) in [5.74, 6) is -0.0947. The number of carbonyl (C=O) groups excluding carboxylic acids is 1. The third-order valence-electron chi connectivity index (χ3n) is 4.84. The van der Waals surface area contributed by atoms with E-state index in [-0.39, 0.29) is 23.7 Å². The molecular formula is C16H19N3O3. The van der Waals surface area contributed by atoms with Gasteiger partial charge in [0.05, 0.1) is 17.6 Å². The van der Waals surface area contributed by atoms with E-state index >= 15 is 0 Å². The summed E-state index contributed by atoms with van der Waals surface area (Å²) >= 11 is 0. The van der Waals surface area contributed by atoms with Crippen LogP contribution in [0.3, 0.4) is 0 Å². The van der Waals surface area contributed by atoms with Crippen molar-refractivity contribution in [3.63, 3.8) is 0 Å². The molecule has 116 valence electrons. The maximum atomic E-state index is 12.2. The van der Waals surface area contributed by atoms with Gasteiger partial charge in [-0.25, -0.2) is 4.79 Å². The molecule has 0 spiro atoms. The van der Waals surface area contributed by atoms with Crippen molar-refractivity contribution >= 4 is 17.0 Å². The van der Waals surface area contributed by atoms with Crippen LogP contribution >= 0.6 is 0 Å². The second-order valence-corrected chi connectivity index (χ2v) is 6.06. The van der Waals surface area contributed by atoms with E-state index in [2.05, 4.69) is 9.88 Å². The quantitative estimate of drug-likeness (QED) is 0.849. The lowest BCUT2D eigenvalue weighted by molar-refractivity contribution is -0.142. The molecule has 0 saturated carbocycles. The Labute approximate surface area is 127 Å². The molecule has 3 heterocycles. The van der Waals surface area contributed by atoms with Crippen molar-refractivity contribution in [3.8, 4) is 0 Å². The summed E-state index contributed by atoms with van der Waals surface area (Å²) in [5.41, 5.74) is 1.81. The Bertz CT molecular complexity index is 755. The van der Waals surface area contributed by atoms with Gasteiger partial charge in [0.1, 0.15) is 6.04 Å². The third kappa shape index (κ3) is 2.14. The normalized spacial score (nSPS) is 24.0. The number of imidazole rings is 1. The lowest BCUT2D eigenvalue weighted by atomic mass is 10.0. The van der Waals surface area contributed by atoms with Gasteiger partial charge in [-0.15, -0.1) is 0 Å². The Balaban J connectivity index is 1.54. The smallest absolute Gasteiger partial charge is 0.326 e. The van der Waals surface area contributed by atoms with E-state index in [1.54, 1.807) is 0 Å². The molecule has 1 aromatic carbocycles. The molecule has 2 aliphatic heterocycles. The van der Waals surface area contributed by atoms with Crippen molar-refractivity contribution in [2.24, 2.45) is 0 Å². The van der Waals surface area contributed by atoms with Gasteiger partial charge >= 0.3 is 11.7 Å². The first-order valence-corrected chi connectivity index (χ1v) is 7.84. The highest BCUT2D eigenvalue weighted by atomic mass is 16.5. The van der Waals surface area contributed by atoms with Gasteiger partial charge in [-0.3, -0.25) is 14.3 Å². The van der Waals surface area contributed by atoms with Gasteiger partial charge in [-0.1, -0.05) is 12.1 Å². The number of fused-ring (bicyclic) bond motifs is 1. The second-order valence-electron chi connectivity index (χ2n) is 6.06. The zero-order chi connectivity index (χ0) is 15.1. The standard InChI is InChI=1S/C16H19N3O3/c20-15-14(7-10-22-15)18-8-5-11(6-9-18)19-13-4-2-1-3-12(13)17-16(19)21/h1-4,11,14H,5-10H2,(H,17,21). The lowest BCUT2D eigenvalue weighted by Crippen LogP contribution is -2.44. The van der Waals surface area contributed by atoms with Crippen LogP contribution in [0.4, 0.5) is 0 Å². The van der Waals surface area contributed by atoms with E-state index in [4.69, 9.17) is 4.74 Å². The Morgan fingerprint density at radius 2 is 1.86 bits per heavy atom. The molecule has 2 fully saturated rings. The summed E-state index contributed by atoms with van der Waals surface area (Å²) < 4.78 is 6.93. The van der Waals surface area contributed by atoms with Crippen LogP contribution in [0.2, 0.25) is 0 Å². The highest BCUT2D eigenvalue weighted by Gasteiger charge is 2.35. The highest BCUT2D eigenvalue weighted by Crippen LogP contribution is 2.27. The van der Waals surface area contributed by atoms with Crippen molar-refractivity contribution in [1.82, 2.24) is 14.5 Å². The maximum absolute atomic E-state index is 12.2. The van der Waals surface area contributed by atoms with Gasteiger partial charge in [-0.2, -0.15) is 0 Å². The average Bonchev–Trinajstić information content (AvgIpc) is 3.10. The number of piperidine rings is 1. The van der Waals surface area contributed by atoms with Gasteiger partial charge in [0.15, 0.2) is 0 Å². The molecule has 22 heavy (non-hydrogen) atoms. The van der Waals surface area contributed by atoms with Crippen LogP contribution in [0, 0.1) is 0 Å². The number of aromatic amines is 1. The number of ether oxygens (including phenoxy) is 1. The predicted octanol–water partition coefficient (Wildman–Crippen LogP) is 1.28. The molecule has 0 aliphatic carbocycles. The highest BCUT2D eigenvalue weighted by molar-refractivity contribution is 5.77. The number of cyclic esters (lactones) is 1. The van der Waals surface area contributed by atoms with Crippen LogP contribution in [0.15, 0.2) is 29.1 Å². The molecule has 6 heteroatoms. The van der Waals surface area contributed by atoms with Gasteiger partial charge in [-0.05, 0) is 25.0 Å². The number of hydrogen-bond acceptors (Lipinski definition) is 4. The molecule has 2 aliphatic rings. The number of esters is 1. The summed E-state index contributed by atoms with van der Waals surface area (Å²) in [7, 11) is 0. The summed E-state index contributed by atoms with van der Waals surface area (Å²) in [6, 6.07) is 7.90. The number of nitrogens with zero attached hydrogens (tertiary/aromatic N) is 2. The molecule has 4 rings (SSSR count). The van der Waals surface area contributed by atoms with Crippen molar-refractivity contribution in [2.75, 3.05) is 19.7 Å². The first-order chi connectivity index (χ1) is 10.7. The number of aromatic nitrogens is 2. The van der Waals surface area contributed by atoms with E-state index in [1.165, 1.54) is 0 Å². The molecule has 2 aromatic rings. The van der Waals surface area contributed by atoms with Crippen molar-refractivity contribution in [2.45, 2.75) is 31.3 Å². The molecule has 0 radical (unpaired) electrons. The minimum absolute atomic E-state index is 0.0417. The summed E-state index contributed by atoms with van der Waals surface area (Å²) in [4.78, 5) is 29.1. The Hall–Kier alpha value is -2.08. The van der Waals surface area contributed by atoms with Gasteiger partial charge < -0.3 is 9.72 Å². The minimum atomic E-state index is -0.0947. The van der Waals surface area contributed by atoms with Gasteiger partial charge in [0.2, 0.25) is 0 Å². The molecule has 1 unspecified atom stereocenters. The number of rotatable bonds is 2. The number of benzene rings is 1. The van der Waals surface area contributed by atoms with Crippen LogP contribution < -0.4 is 5.69 Å². The van der Waals surface area contributed by atoms with E-state index in [0.717, 1.165) is 43.4 Å². The number of hydrogen-bond donors (Lipinski definition) is 1. The molecule has 6 nitrogen and oxygen atoms in total. The summed E-state index contributed by atoms with van der Waals surface area (Å²) in [5, 5.41) is 0. The number of likely N-dealkylation sites (tertiary alicyclic amines) is 1. The predicted molar refractivity (Wildman–Crippen MR) is 81.8 cm³/mol. The van der Waals surface area contributed by atoms with Crippen molar-refractivity contribution in [3.05, 3.63) is 34.7 Å². The number of carbonyl (C=O) groups is 1. The van der Waals surface area contributed by atoms with Crippen molar-refractivity contribution < 1.29 is 9.53 Å². The number of para-hydroxylation sites is 2. The average molecular weight is 301 g/mol. The molecule has 1 atom stereocenters. The Kier molecular flexibility index (Phi) is 3.26. The second kappa shape index (κ2) is 5.28. The Morgan fingerprint density at radius 3 is 2.59 bits per heavy atom. The fourth-order valence-corrected chi connectivity index (χ4v) is 3.71. The monoisotopic (exact) mass is 301 g/mol. The third-order valence-corrected chi connectivity index (χ3v) is 4.84. The molecule has 0 amide bonds. The van der Waals surface area contributed by atoms with Gasteiger partial charge in [0, 0.05) is 25.6 Å². The summed E-state index contributed by atoms with van der Waals surface area (Å²) in [6.07, 6.45) is 2.55. The Morgan fingerprint density at radius 1 is 1.09 bits per heavy atom. The van der Waals surface area contributed by atoms with Crippen LogP contribution in [-0.2, 0) is 9.53 Å². The fraction of sp³-hybridized carbons (Fsp3) is 0.500. The largest absolute Gasteiger partial charge is 0.464 e. The SMILES string of the molecule is O=C1OCCC1N1CCC(n2c(=O)[nH]c3ccccc32)CC1. The lowest BCUT2D eigenvalue weighted by Gasteiger charge is -2.34. The van der Waals surface area contributed by atoms with Gasteiger partial charge in [0.25, 0.3) is 0 Å². The minimum Gasteiger partial charge on any atom is -0.464 e. The fourth-order valence-electron chi connectivity index (χ4n) is 3.71. The number of H-pyrrole nitrogens is 1. The van der Waals surface area contributed by atoms with Crippen LogP contribution in [0.25, 0.3) is 11.0 Å². The maximum Gasteiger partial charge on any atom is 0.326 e. The van der Waals surface area contributed by atoms with Crippen LogP contribution in [0.1, 0.15) is 25.3 Å². The topological polar surface area (TPSA) is 67.3 Å². The van der Waals surface area contributed by atoms with E-state index in [1.807, 2.05) is 28.8 Å². The number of nitrogens with one attached hydrogen (secondary N) is 1. The van der Waals surface area contributed by atoms with Crippen LogP contribution in [-0.4, -0.2) is 46.2 Å². The molecular weight excluding hydrogens is 282 g/mol. The first kappa shape index (κ1) is 13.6. The van der Waals surface area contributed by atoms with E-state index in [9.17, 15) is 9.59 Å². The van der Waals surface area contributed by atoms with Crippen LogP contribution in [0.5, 0.6) is 0 Å². The molecule has 1 aromatic heterocycles. The zero-order valence-electron chi connectivity index (χ0n) is 12.3. The molecule has 0 bridgehead atoms. The summed E-state index contributed by atoms with van der Waals surface area (Å²) in [6.45, 7) is 2.19.